The Kier molecular flexibility index (Phi) is 7.76. The highest BCUT2D eigenvalue weighted by Crippen LogP contribution is 2.33. The maximum absolute atomic E-state index is 9.35. The fourth-order valence-electron chi connectivity index (χ4n) is 2.59. The minimum atomic E-state index is -0.865. The molecule has 0 spiro atoms. The van der Waals surface area contributed by atoms with Crippen LogP contribution in [0.4, 0.5) is 0 Å². The van der Waals surface area contributed by atoms with Gasteiger partial charge in [-0.15, -0.1) is 11.6 Å². The lowest BCUT2D eigenvalue weighted by molar-refractivity contribution is 0.0536. The van der Waals surface area contributed by atoms with Gasteiger partial charge in [0.25, 0.3) is 0 Å². The van der Waals surface area contributed by atoms with E-state index >= 15 is 0 Å². The Balaban J connectivity index is 2.04. The van der Waals surface area contributed by atoms with Gasteiger partial charge in [-0.1, -0.05) is 38.1 Å². The Morgan fingerprint density at radius 1 is 0.923 bits per heavy atom. The molecule has 142 valence electrons. The van der Waals surface area contributed by atoms with Crippen LogP contribution in [0.3, 0.4) is 0 Å². The van der Waals surface area contributed by atoms with Crippen molar-refractivity contribution in [1.82, 2.24) is 0 Å². The van der Waals surface area contributed by atoms with Gasteiger partial charge in [0.15, 0.2) is 0 Å². The topological polar surface area (TPSA) is 58.9 Å². The summed E-state index contributed by atoms with van der Waals surface area (Å²) in [4.78, 5) is 0. The molecule has 0 aromatic heterocycles. The fraction of sp³-hybridized carbons (Fsp3) is 0.429. The number of halogens is 1. The van der Waals surface area contributed by atoms with E-state index in [4.69, 9.17) is 26.2 Å². The Morgan fingerprint density at radius 2 is 1.42 bits per heavy atom. The largest absolute Gasteiger partial charge is 0.494 e. The Hall–Kier alpha value is -1.75. The van der Waals surface area contributed by atoms with Gasteiger partial charge in [-0.25, -0.2) is 0 Å². The molecule has 0 unspecified atom stereocenters. The normalized spacial score (nSPS) is 12.7. The van der Waals surface area contributed by atoms with Gasteiger partial charge in [-0.05, 0) is 41.8 Å². The van der Waals surface area contributed by atoms with E-state index in [0.29, 0.717) is 18.2 Å². The van der Waals surface area contributed by atoms with Gasteiger partial charge in [0.05, 0.1) is 13.2 Å². The molecule has 0 aliphatic carbocycles. The minimum absolute atomic E-state index is 0.0738. The first kappa shape index (κ1) is 20.6. The molecule has 0 aliphatic heterocycles. The van der Waals surface area contributed by atoms with Crippen LogP contribution in [0.25, 0.3) is 0 Å². The molecule has 0 bridgehead atoms. The maximum Gasteiger partial charge on any atom is 0.119 e. The van der Waals surface area contributed by atoms with Gasteiger partial charge in [-0.3, -0.25) is 0 Å². The second-order valence-corrected chi connectivity index (χ2v) is 7.09. The van der Waals surface area contributed by atoms with Gasteiger partial charge in [0.1, 0.15) is 24.2 Å². The molecule has 4 nitrogen and oxygen atoms in total. The van der Waals surface area contributed by atoms with Crippen molar-refractivity contribution in [3.05, 3.63) is 59.7 Å². The average molecular weight is 379 g/mol. The van der Waals surface area contributed by atoms with Gasteiger partial charge in [-0.2, -0.15) is 0 Å². The summed E-state index contributed by atoms with van der Waals surface area (Å²) in [5.74, 6) is 2.12. The quantitative estimate of drug-likeness (QED) is 0.488. The van der Waals surface area contributed by atoms with Crippen LogP contribution in [0, 0.1) is 0 Å². The van der Waals surface area contributed by atoms with Gasteiger partial charge in [0.2, 0.25) is 0 Å². The van der Waals surface area contributed by atoms with Crippen LogP contribution in [-0.4, -0.2) is 42.0 Å². The number of hydrogen-bond donors (Lipinski definition) is 2. The molecule has 0 saturated heterocycles. The van der Waals surface area contributed by atoms with Crippen molar-refractivity contribution in [2.45, 2.75) is 31.8 Å². The summed E-state index contributed by atoms with van der Waals surface area (Å²) in [5.41, 5.74) is 2.17. The number of aliphatic hydroxyl groups is 2. The smallest absolute Gasteiger partial charge is 0.119 e. The summed E-state index contributed by atoms with van der Waals surface area (Å²) in [6, 6.07) is 15.9. The van der Waals surface area contributed by atoms with E-state index in [1.807, 2.05) is 36.4 Å². The Morgan fingerprint density at radius 3 is 1.88 bits per heavy atom. The Bertz CT molecular complexity index is 653. The third kappa shape index (κ3) is 5.63. The van der Waals surface area contributed by atoms with Crippen LogP contribution in [0.1, 0.15) is 31.4 Å². The highest BCUT2D eigenvalue weighted by atomic mass is 35.5. The molecule has 26 heavy (non-hydrogen) atoms. The highest BCUT2D eigenvalue weighted by molar-refractivity contribution is 6.17. The van der Waals surface area contributed by atoms with Crippen LogP contribution in [0.5, 0.6) is 11.5 Å². The molecule has 0 aliphatic rings. The number of rotatable bonds is 10. The average Bonchev–Trinajstić information content (AvgIpc) is 2.67. The lowest BCUT2D eigenvalue weighted by atomic mass is 9.78. The van der Waals surface area contributed by atoms with E-state index in [1.54, 1.807) is 0 Å². The van der Waals surface area contributed by atoms with Gasteiger partial charge in [0, 0.05) is 11.3 Å². The molecular formula is C21H27ClO4. The van der Waals surface area contributed by atoms with Crippen molar-refractivity contribution in [2.24, 2.45) is 0 Å². The highest BCUT2D eigenvalue weighted by Gasteiger charge is 2.23. The second-order valence-electron chi connectivity index (χ2n) is 6.71. The lowest BCUT2D eigenvalue weighted by Gasteiger charge is -2.26. The molecule has 2 aromatic carbocycles. The van der Waals surface area contributed by atoms with Crippen LogP contribution < -0.4 is 9.47 Å². The zero-order chi connectivity index (χ0) is 19.0. The van der Waals surface area contributed by atoms with Crippen molar-refractivity contribution >= 4 is 11.6 Å². The van der Waals surface area contributed by atoms with Gasteiger partial charge < -0.3 is 19.7 Å². The van der Waals surface area contributed by atoms with Crippen LogP contribution in [0.15, 0.2) is 48.5 Å². The molecular weight excluding hydrogens is 352 g/mol. The molecule has 5 heteroatoms. The first-order chi connectivity index (χ1) is 12.5. The van der Waals surface area contributed by atoms with Crippen LogP contribution in [0.2, 0.25) is 0 Å². The molecule has 0 heterocycles. The molecule has 2 aromatic rings. The summed E-state index contributed by atoms with van der Waals surface area (Å²) in [5, 5.41) is 18.2. The molecule has 0 saturated carbocycles. The zero-order valence-corrected chi connectivity index (χ0v) is 16.1. The predicted octanol–water partition coefficient (Wildman–Crippen LogP) is 3.75. The zero-order valence-electron chi connectivity index (χ0n) is 15.3. The van der Waals surface area contributed by atoms with Crippen molar-refractivity contribution in [3.63, 3.8) is 0 Å². The number of ether oxygens (including phenoxy) is 2. The monoisotopic (exact) mass is 378 g/mol. The second kappa shape index (κ2) is 9.81. The third-order valence-electron chi connectivity index (χ3n) is 4.35. The van der Waals surface area contributed by atoms with E-state index in [0.717, 1.165) is 17.7 Å². The number of alkyl halides is 1. The van der Waals surface area contributed by atoms with Gasteiger partial charge >= 0.3 is 0 Å². The van der Waals surface area contributed by atoms with Crippen molar-refractivity contribution < 1.29 is 19.7 Å². The molecule has 0 fully saturated rings. The van der Waals surface area contributed by atoms with E-state index in [1.165, 1.54) is 5.56 Å². The summed E-state index contributed by atoms with van der Waals surface area (Å²) in [7, 11) is 0. The van der Waals surface area contributed by atoms with E-state index < -0.39 is 6.10 Å². The van der Waals surface area contributed by atoms with E-state index in [-0.39, 0.29) is 18.6 Å². The summed E-state index contributed by atoms with van der Waals surface area (Å²) in [6.45, 7) is 4.73. The van der Waals surface area contributed by atoms with Crippen LogP contribution in [-0.2, 0) is 5.41 Å². The van der Waals surface area contributed by atoms with E-state index in [2.05, 4.69) is 26.0 Å². The number of benzene rings is 2. The summed E-state index contributed by atoms with van der Waals surface area (Å²) >= 11 is 5.66. The summed E-state index contributed by atoms with van der Waals surface area (Å²) in [6.07, 6.45) is -0.0327. The van der Waals surface area contributed by atoms with Crippen LogP contribution >= 0.6 is 11.6 Å². The van der Waals surface area contributed by atoms with E-state index in [9.17, 15) is 5.11 Å². The molecule has 0 radical (unpaired) electrons. The third-order valence-corrected chi connectivity index (χ3v) is 4.62. The number of hydrogen-bond acceptors (Lipinski definition) is 4. The molecule has 1 atom stereocenters. The first-order valence-electron chi connectivity index (χ1n) is 8.79. The minimum Gasteiger partial charge on any atom is -0.494 e. The van der Waals surface area contributed by atoms with Crippen molar-refractivity contribution in [3.8, 4) is 11.5 Å². The predicted molar refractivity (Wildman–Crippen MR) is 104 cm³/mol. The standard InChI is InChI=1S/C21H27ClO4/c1-21(2,16-4-8-19(9-5-16)25-13-3-12-22)17-6-10-20(11-7-17)26-15-18(24)14-23/h4-11,18,23-24H,3,12-15H2,1-2H3/t18-/m1/s1. The maximum atomic E-state index is 9.35. The van der Waals surface area contributed by atoms with Crippen molar-refractivity contribution in [2.75, 3.05) is 25.7 Å². The lowest BCUT2D eigenvalue weighted by Crippen LogP contribution is -2.21. The summed E-state index contributed by atoms with van der Waals surface area (Å²) < 4.78 is 11.1. The Labute approximate surface area is 160 Å². The number of aliphatic hydroxyl groups excluding tert-OH is 2. The van der Waals surface area contributed by atoms with Crippen molar-refractivity contribution in [1.29, 1.82) is 0 Å². The molecule has 0 amide bonds. The molecule has 2 rings (SSSR count). The first-order valence-corrected chi connectivity index (χ1v) is 9.32. The SMILES string of the molecule is CC(C)(c1ccc(OCCCCl)cc1)c1ccc(OC[C@H](O)CO)cc1. The fourth-order valence-corrected chi connectivity index (χ4v) is 2.70. The molecule has 2 N–H and O–H groups in total.